The van der Waals surface area contributed by atoms with E-state index < -0.39 is 0 Å². The van der Waals surface area contributed by atoms with Crippen molar-refractivity contribution in [1.29, 1.82) is 0 Å². The van der Waals surface area contributed by atoms with Crippen molar-refractivity contribution in [3.63, 3.8) is 0 Å². The lowest BCUT2D eigenvalue weighted by atomic mass is 10.0. The summed E-state index contributed by atoms with van der Waals surface area (Å²) < 4.78 is 1.02. The molecule has 0 aliphatic carbocycles. The molecule has 4 heteroatoms. The van der Waals surface area contributed by atoms with Crippen molar-refractivity contribution >= 4 is 33.0 Å². The van der Waals surface area contributed by atoms with E-state index in [1.807, 2.05) is 12.1 Å². The van der Waals surface area contributed by atoms with Gasteiger partial charge in [-0.25, -0.2) is 0 Å². The normalized spacial score (nSPS) is 15.7. The van der Waals surface area contributed by atoms with Crippen molar-refractivity contribution in [2.24, 2.45) is 0 Å². The SMILES string of the molecule is O=C(CN1CCc2ccccc2CC1)c1ccc(Br)s1. The maximum Gasteiger partial charge on any atom is 0.186 e. The minimum Gasteiger partial charge on any atom is -0.295 e. The first kappa shape index (κ1) is 14.0. The van der Waals surface area contributed by atoms with Gasteiger partial charge in [0.25, 0.3) is 0 Å². The molecule has 0 unspecified atom stereocenters. The summed E-state index contributed by atoms with van der Waals surface area (Å²) in [6.07, 6.45) is 2.08. The Bertz CT molecular complexity index is 595. The van der Waals surface area contributed by atoms with Gasteiger partial charge in [0.05, 0.1) is 15.2 Å². The molecule has 0 bridgehead atoms. The number of hydrogen-bond donors (Lipinski definition) is 0. The van der Waals surface area contributed by atoms with Crippen molar-refractivity contribution in [3.8, 4) is 0 Å². The van der Waals surface area contributed by atoms with E-state index in [0.717, 1.165) is 34.6 Å². The van der Waals surface area contributed by atoms with Crippen LogP contribution in [-0.4, -0.2) is 30.3 Å². The average Bonchev–Trinajstić information content (AvgIpc) is 2.79. The molecule has 0 saturated heterocycles. The molecule has 1 aliphatic heterocycles. The number of fused-ring (bicyclic) bond motifs is 1. The fourth-order valence-electron chi connectivity index (χ4n) is 2.62. The van der Waals surface area contributed by atoms with E-state index >= 15 is 0 Å². The Hall–Kier alpha value is -0.970. The molecule has 0 spiro atoms. The molecule has 2 heterocycles. The summed E-state index contributed by atoms with van der Waals surface area (Å²) in [5, 5.41) is 0. The van der Waals surface area contributed by atoms with E-state index in [-0.39, 0.29) is 5.78 Å². The van der Waals surface area contributed by atoms with Gasteiger partial charge in [0.1, 0.15) is 0 Å². The van der Waals surface area contributed by atoms with E-state index in [2.05, 4.69) is 45.1 Å². The summed E-state index contributed by atoms with van der Waals surface area (Å²) in [5.74, 6) is 0.228. The lowest BCUT2D eigenvalue weighted by molar-refractivity contribution is 0.0937. The predicted molar refractivity (Wildman–Crippen MR) is 86.6 cm³/mol. The van der Waals surface area contributed by atoms with Crippen molar-refractivity contribution in [3.05, 3.63) is 56.2 Å². The largest absolute Gasteiger partial charge is 0.295 e. The molecule has 20 heavy (non-hydrogen) atoms. The number of nitrogens with zero attached hydrogens (tertiary/aromatic N) is 1. The summed E-state index contributed by atoms with van der Waals surface area (Å²) in [5.41, 5.74) is 2.86. The second kappa shape index (κ2) is 6.20. The monoisotopic (exact) mass is 349 g/mol. The lowest BCUT2D eigenvalue weighted by Gasteiger charge is -2.18. The van der Waals surface area contributed by atoms with E-state index in [1.54, 1.807) is 0 Å². The zero-order valence-electron chi connectivity index (χ0n) is 11.1. The highest BCUT2D eigenvalue weighted by molar-refractivity contribution is 9.11. The number of Topliss-reactive ketones (excluding diaryl/α,β-unsaturated/α-hetero) is 1. The molecule has 1 aromatic carbocycles. The van der Waals surface area contributed by atoms with Crippen LogP contribution in [0.2, 0.25) is 0 Å². The molecule has 0 radical (unpaired) electrons. The number of halogens is 1. The molecule has 3 rings (SSSR count). The minimum absolute atomic E-state index is 0.228. The molecule has 2 nitrogen and oxygen atoms in total. The van der Waals surface area contributed by atoms with Crippen LogP contribution in [0.15, 0.2) is 40.2 Å². The fraction of sp³-hybridized carbons (Fsp3) is 0.312. The van der Waals surface area contributed by atoms with Gasteiger partial charge in [-0.15, -0.1) is 11.3 Å². The van der Waals surface area contributed by atoms with Crippen molar-refractivity contribution in [1.82, 2.24) is 4.90 Å². The van der Waals surface area contributed by atoms with Crippen LogP contribution in [0.4, 0.5) is 0 Å². The Morgan fingerprint density at radius 3 is 2.30 bits per heavy atom. The fourth-order valence-corrected chi connectivity index (χ4v) is 3.93. The molecule has 0 saturated carbocycles. The standard InChI is InChI=1S/C16H16BrNOS/c17-16-6-5-15(20-16)14(19)11-18-9-7-12-3-1-2-4-13(12)8-10-18/h1-6H,7-11H2. The van der Waals surface area contributed by atoms with Gasteiger partial charge in [-0.05, 0) is 52.0 Å². The predicted octanol–water partition coefficient (Wildman–Crippen LogP) is 3.79. The van der Waals surface area contributed by atoms with Crippen molar-refractivity contribution in [2.75, 3.05) is 19.6 Å². The summed E-state index contributed by atoms with van der Waals surface area (Å²) in [4.78, 5) is 15.4. The number of rotatable bonds is 3. The van der Waals surface area contributed by atoms with Crippen molar-refractivity contribution < 1.29 is 4.79 Å². The molecule has 2 aromatic rings. The van der Waals surface area contributed by atoms with E-state index in [9.17, 15) is 4.79 Å². The Labute approximate surface area is 131 Å². The van der Waals surface area contributed by atoms with Gasteiger partial charge in [0.15, 0.2) is 5.78 Å². The number of ketones is 1. The highest BCUT2D eigenvalue weighted by Crippen LogP contribution is 2.23. The van der Waals surface area contributed by atoms with Crippen LogP contribution in [0.1, 0.15) is 20.8 Å². The van der Waals surface area contributed by atoms with Crippen LogP contribution in [0, 0.1) is 0 Å². The van der Waals surface area contributed by atoms with Crippen LogP contribution in [0.25, 0.3) is 0 Å². The summed E-state index contributed by atoms with van der Waals surface area (Å²) in [6.45, 7) is 2.46. The molecule has 1 aliphatic rings. The molecule has 0 N–H and O–H groups in total. The van der Waals surface area contributed by atoms with E-state index in [0.29, 0.717) is 6.54 Å². The van der Waals surface area contributed by atoms with Crippen molar-refractivity contribution in [2.45, 2.75) is 12.8 Å². The molecule has 0 amide bonds. The first-order valence-corrected chi connectivity index (χ1v) is 8.41. The Balaban J connectivity index is 1.64. The Morgan fingerprint density at radius 1 is 1.10 bits per heavy atom. The molecule has 0 atom stereocenters. The zero-order valence-corrected chi connectivity index (χ0v) is 13.5. The van der Waals surface area contributed by atoms with Crippen LogP contribution in [0.3, 0.4) is 0 Å². The second-order valence-corrected chi connectivity index (χ2v) is 7.53. The van der Waals surface area contributed by atoms with Crippen LogP contribution in [0.5, 0.6) is 0 Å². The maximum atomic E-state index is 12.3. The first-order valence-electron chi connectivity index (χ1n) is 6.80. The Morgan fingerprint density at radius 2 is 1.75 bits per heavy atom. The third kappa shape index (κ3) is 3.19. The van der Waals surface area contributed by atoms with E-state index in [1.165, 1.54) is 22.5 Å². The number of benzene rings is 1. The number of hydrogen-bond acceptors (Lipinski definition) is 3. The van der Waals surface area contributed by atoms with Gasteiger partial charge in [-0.3, -0.25) is 9.69 Å². The number of thiophene rings is 1. The van der Waals surface area contributed by atoms with Crippen LogP contribution >= 0.6 is 27.3 Å². The molecule has 104 valence electrons. The highest BCUT2D eigenvalue weighted by atomic mass is 79.9. The lowest BCUT2D eigenvalue weighted by Crippen LogP contribution is -2.31. The van der Waals surface area contributed by atoms with Gasteiger partial charge in [-0.2, -0.15) is 0 Å². The third-order valence-electron chi connectivity index (χ3n) is 3.73. The van der Waals surface area contributed by atoms with Gasteiger partial charge in [0, 0.05) is 13.1 Å². The number of carbonyl (C=O) groups excluding carboxylic acids is 1. The van der Waals surface area contributed by atoms with Gasteiger partial charge in [0.2, 0.25) is 0 Å². The smallest absolute Gasteiger partial charge is 0.186 e. The zero-order chi connectivity index (χ0) is 13.9. The first-order chi connectivity index (χ1) is 9.72. The maximum absolute atomic E-state index is 12.3. The third-order valence-corrected chi connectivity index (χ3v) is 5.39. The average molecular weight is 350 g/mol. The topological polar surface area (TPSA) is 20.3 Å². The minimum atomic E-state index is 0.228. The van der Waals surface area contributed by atoms with Gasteiger partial charge >= 0.3 is 0 Å². The molecular formula is C16H16BrNOS. The van der Waals surface area contributed by atoms with Crippen LogP contribution < -0.4 is 0 Å². The van der Waals surface area contributed by atoms with Crippen LogP contribution in [-0.2, 0) is 12.8 Å². The Kier molecular flexibility index (Phi) is 4.34. The molecule has 1 aromatic heterocycles. The molecule has 0 fully saturated rings. The number of carbonyl (C=O) groups is 1. The quantitative estimate of drug-likeness (QED) is 0.785. The van der Waals surface area contributed by atoms with E-state index in [4.69, 9.17) is 0 Å². The summed E-state index contributed by atoms with van der Waals surface area (Å²) in [6, 6.07) is 12.5. The van der Waals surface area contributed by atoms with Gasteiger partial charge in [-0.1, -0.05) is 24.3 Å². The highest BCUT2D eigenvalue weighted by Gasteiger charge is 2.17. The molecular weight excluding hydrogens is 334 g/mol. The second-order valence-electron chi connectivity index (χ2n) is 5.07. The summed E-state index contributed by atoms with van der Waals surface area (Å²) in [7, 11) is 0. The summed E-state index contributed by atoms with van der Waals surface area (Å²) >= 11 is 4.93. The van der Waals surface area contributed by atoms with Gasteiger partial charge < -0.3 is 0 Å².